The number of carbonyl (C=O) groups is 4. The fourth-order valence-electron chi connectivity index (χ4n) is 9.53. The normalized spacial score (nSPS) is 26.3. The predicted molar refractivity (Wildman–Crippen MR) is 207 cm³/mol. The van der Waals surface area contributed by atoms with Crippen LogP contribution in [0.2, 0.25) is 10.0 Å². The third-order valence-electron chi connectivity index (χ3n) is 12.1. The van der Waals surface area contributed by atoms with Gasteiger partial charge >= 0.3 is 0 Å². The molecule has 3 aromatic carbocycles. The number of aryl methyl sites for hydroxylation is 2. The SMILES string of the molecule is COc1ccc([C@H]2C3=CC[C@@H]4C(=O)N(c5ccc(Cl)cc5)C(=O)[C@@H]4[C@@H]3C[C@H]3C(=O)N(c4cc(-c5sc6ccc(Cl)cc6c5C)nn4C)C(=O)[C@@]23C)c(O)c1. The van der Waals surface area contributed by atoms with Gasteiger partial charge in [-0.2, -0.15) is 5.10 Å². The number of nitrogens with zero attached hydrogens (tertiary/aromatic N) is 4. The third-order valence-corrected chi connectivity index (χ3v) is 13.9. The third kappa shape index (κ3) is 4.80. The molecule has 274 valence electrons. The van der Waals surface area contributed by atoms with Crippen molar-refractivity contribution in [2.24, 2.45) is 36.1 Å². The average Bonchev–Trinajstić information content (AvgIpc) is 3.82. The average molecular weight is 782 g/mol. The van der Waals surface area contributed by atoms with Gasteiger partial charge in [0.05, 0.1) is 40.8 Å². The monoisotopic (exact) mass is 780 g/mol. The summed E-state index contributed by atoms with van der Waals surface area (Å²) in [5.41, 5.74) is 1.89. The maximum absolute atomic E-state index is 15.1. The maximum Gasteiger partial charge on any atom is 0.242 e. The zero-order valence-corrected chi connectivity index (χ0v) is 32.0. The zero-order valence-electron chi connectivity index (χ0n) is 29.7. The van der Waals surface area contributed by atoms with E-state index >= 15 is 4.79 Å². The number of halogens is 2. The number of methoxy groups -OCH3 is 1. The molecule has 4 heterocycles. The number of rotatable bonds is 5. The van der Waals surface area contributed by atoms with E-state index in [-0.39, 0.29) is 30.4 Å². The molecule has 3 fully saturated rings. The number of allylic oxidation sites excluding steroid dienone is 2. The standard InChI is InChI=1S/C41H34Cl2N4O6S/c1-19-27-15-21(43)7-14-32(27)54-36(19)30-18-33(45(3)44-30)47-38(50)29-17-28-24(35(41(29,2)40(47)52)25-11-10-23(53-4)16-31(25)48)12-13-26-34(28)39(51)46(37(26)49)22-8-5-20(42)6-9-22/h5-12,14-16,18,26,28-29,34-35,48H,13,17H2,1-4H3/t26-,28+,29-,34-,35+,41+/m0/s1. The minimum Gasteiger partial charge on any atom is -0.508 e. The summed E-state index contributed by atoms with van der Waals surface area (Å²) in [7, 11) is 3.20. The molecular formula is C41H34Cl2N4O6S. The molecule has 54 heavy (non-hydrogen) atoms. The second kappa shape index (κ2) is 12.3. The van der Waals surface area contributed by atoms with E-state index in [4.69, 9.17) is 33.0 Å². The molecule has 10 nitrogen and oxygen atoms in total. The number of imide groups is 2. The summed E-state index contributed by atoms with van der Waals surface area (Å²) >= 11 is 14.0. The number of thiophene rings is 1. The van der Waals surface area contributed by atoms with E-state index in [1.54, 1.807) is 72.5 Å². The highest BCUT2D eigenvalue weighted by Crippen LogP contribution is 2.64. The van der Waals surface area contributed by atoms with E-state index in [0.717, 1.165) is 26.1 Å². The van der Waals surface area contributed by atoms with Crippen LogP contribution in [-0.2, 0) is 26.2 Å². The Morgan fingerprint density at radius 1 is 0.907 bits per heavy atom. The summed E-state index contributed by atoms with van der Waals surface area (Å²) in [6.45, 7) is 3.78. The second-order valence-electron chi connectivity index (χ2n) is 14.8. The van der Waals surface area contributed by atoms with Crippen molar-refractivity contribution in [1.29, 1.82) is 0 Å². The number of amides is 4. The molecule has 1 N–H and O–H groups in total. The first-order valence-electron chi connectivity index (χ1n) is 17.6. The van der Waals surface area contributed by atoms with Crippen LogP contribution in [0.5, 0.6) is 11.5 Å². The number of benzene rings is 3. The van der Waals surface area contributed by atoms with Gasteiger partial charge in [0.15, 0.2) is 0 Å². The Kier molecular flexibility index (Phi) is 7.91. The van der Waals surface area contributed by atoms with Crippen LogP contribution in [0, 0.1) is 36.0 Å². The van der Waals surface area contributed by atoms with Crippen LogP contribution in [-0.4, -0.2) is 45.6 Å². The number of hydrogen-bond donors (Lipinski definition) is 1. The molecule has 2 saturated heterocycles. The van der Waals surface area contributed by atoms with Gasteiger partial charge in [-0.1, -0.05) is 40.9 Å². The molecule has 0 unspecified atom stereocenters. The van der Waals surface area contributed by atoms with Gasteiger partial charge in [0.2, 0.25) is 23.6 Å². The van der Waals surface area contributed by atoms with E-state index in [9.17, 15) is 19.5 Å². The molecule has 1 saturated carbocycles. The van der Waals surface area contributed by atoms with Crippen LogP contribution >= 0.6 is 34.5 Å². The molecule has 0 bridgehead atoms. The second-order valence-corrected chi connectivity index (χ2v) is 16.7. The topological polar surface area (TPSA) is 122 Å². The zero-order chi connectivity index (χ0) is 38.0. The first-order chi connectivity index (χ1) is 25.8. The lowest BCUT2D eigenvalue weighted by molar-refractivity contribution is -0.131. The van der Waals surface area contributed by atoms with Gasteiger partial charge in [0, 0.05) is 45.4 Å². The van der Waals surface area contributed by atoms with Gasteiger partial charge in [-0.25, -0.2) is 4.90 Å². The summed E-state index contributed by atoms with van der Waals surface area (Å²) in [5.74, 6) is -4.47. The number of phenols is 1. The lowest BCUT2D eigenvalue weighted by atomic mass is 9.51. The number of carbonyl (C=O) groups excluding carboxylic acids is 4. The Bertz CT molecular complexity index is 2510. The lowest BCUT2D eigenvalue weighted by Crippen LogP contribution is -2.49. The fourth-order valence-corrected chi connectivity index (χ4v) is 11.0. The number of phenolic OH excluding ortho intramolecular Hbond substituents is 1. The molecule has 2 aliphatic heterocycles. The van der Waals surface area contributed by atoms with Gasteiger partial charge in [0.1, 0.15) is 23.0 Å². The van der Waals surface area contributed by atoms with Gasteiger partial charge in [-0.05, 0) is 92.1 Å². The van der Waals surface area contributed by atoms with Gasteiger partial charge < -0.3 is 9.84 Å². The van der Waals surface area contributed by atoms with Crippen LogP contribution in [0.25, 0.3) is 20.7 Å². The minimum atomic E-state index is -1.35. The van der Waals surface area contributed by atoms with Crippen LogP contribution in [0.3, 0.4) is 0 Å². The molecule has 2 aromatic heterocycles. The summed E-state index contributed by atoms with van der Waals surface area (Å²) < 4.78 is 7.97. The van der Waals surface area contributed by atoms with Crippen molar-refractivity contribution in [2.75, 3.05) is 16.9 Å². The van der Waals surface area contributed by atoms with Crippen molar-refractivity contribution in [2.45, 2.75) is 32.6 Å². The van der Waals surface area contributed by atoms with Crippen LogP contribution in [0.1, 0.15) is 36.8 Å². The molecule has 0 spiro atoms. The van der Waals surface area contributed by atoms with Gasteiger partial charge in [-0.3, -0.25) is 28.8 Å². The molecular weight excluding hydrogens is 747 g/mol. The van der Waals surface area contributed by atoms with Crippen molar-refractivity contribution >= 4 is 79.8 Å². The fraction of sp³-hybridized carbons (Fsp3) is 0.293. The quantitative estimate of drug-likeness (QED) is 0.141. The summed E-state index contributed by atoms with van der Waals surface area (Å²) in [6.07, 6.45) is 2.40. The van der Waals surface area contributed by atoms with Crippen LogP contribution in [0.15, 0.2) is 78.4 Å². The van der Waals surface area contributed by atoms with E-state index < -0.39 is 46.8 Å². The first-order valence-corrected chi connectivity index (χ1v) is 19.2. The van der Waals surface area contributed by atoms with Gasteiger partial charge in [0.25, 0.3) is 0 Å². The number of aromatic nitrogens is 2. The highest BCUT2D eigenvalue weighted by molar-refractivity contribution is 7.22. The minimum absolute atomic E-state index is 0.0959. The molecule has 6 atom stereocenters. The summed E-state index contributed by atoms with van der Waals surface area (Å²) in [6, 6.07) is 19.0. The van der Waals surface area contributed by atoms with Crippen LogP contribution in [0.4, 0.5) is 11.5 Å². The number of anilines is 2. The highest BCUT2D eigenvalue weighted by Gasteiger charge is 2.68. The Hall–Kier alpha value is -4.97. The van der Waals surface area contributed by atoms with E-state index in [0.29, 0.717) is 38.6 Å². The van der Waals surface area contributed by atoms with Crippen LogP contribution < -0.4 is 14.5 Å². The van der Waals surface area contributed by atoms with Crippen molar-refractivity contribution in [1.82, 2.24) is 9.78 Å². The molecule has 13 heteroatoms. The smallest absolute Gasteiger partial charge is 0.242 e. The molecule has 4 aliphatic rings. The Morgan fingerprint density at radius 3 is 2.37 bits per heavy atom. The molecule has 0 radical (unpaired) electrons. The number of hydrogen-bond acceptors (Lipinski definition) is 8. The summed E-state index contributed by atoms with van der Waals surface area (Å²) in [4.78, 5) is 61.6. The van der Waals surface area contributed by atoms with Crippen molar-refractivity contribution in [3.05, 3.63) is 99.6 Å². The molecule has 5 aromatic rings. The van der Waals surface area contributed by atoms with Gasteiger partial charge in [-0.15, -0.1) is 11.3 Å². The largest absolute Gasteiger partial charge is 0.508 e. The lowest BCUT2D eigenvalue weighted by Gasteiger charge is -2.49. The maximum atomic E-state index is 15.1. The number of ether oxygens (including phenoxy) is 1. The number of fused-ring (bicyclic) bond motifs is 5. The predicted octanol–water partition coefficient (Wildman–Crippen LogP) is 8.07. The van der Waals surface area contributed by atoms with E-state index in [2.05, 4.69) is 0 Å². The first kappa shape index (κ1) is 34.8. The molecule has 2 aliphatic carbocycles. The summed E-state index contributed by atoms with van der Waals surface area (Å²) in [5, 5.41) is 18.4. The van der Waals surface area contributed by atoms with E-state index in [1.807, 2.05) is 31.2 Å². The Balaban J connectivity index is 1.16. The van der Waals surface area contributed by atoms with Crippen molar-refractivity contribution < 1.29 is 29.0 Å². The number of aromatic hydroxyl groups is 1. The Morgan fingerprint density at radius 2 is 1.65 bits per heavy atom. The molecule has 4 amide bonds. The molecule has 9 rings (SSSR count). The Labute approximate surface area is 324 Å². The van der Waals surface area contributed by atoms with E-state index in [1.165, 1.54) is 23.0 Å². The highest BCUT2D eigenvalue weighted by atomic mass is 35.5. The van der Waals surface area contributed by atoms with Crippen molar-refractivity contribution in [3.8, 4) is 22.1 Å². The van der Waals surface area contributed by atoms with Crippen molar-refractivity contribution in [3.63, 3.8) is 0 Å².